The third-order valence-corrected chi connectivity index (χ3v) is 3.62. The van der Waals surface area contributed by atoms with Gasteiger partial charge in [-0.05, 0) is 19.8 Å². The lowest BCUT2D eigenvalue weighted by Gasteiger charge is -2.33. The molecule has 0 spiro atoms. The second-order valence-electron chi connectivity index (χ2n) is 4.83. The average Bonchev–Trinajstić information content (AvgIpc) is 2.52. The first-order valence-corrected chi connectivity index (χ1v) is 6.20. The molecule has 1 fully saturated rings. The Morgan fingerprint density at radius 3 is 2.33 bits per heavy atom. The van der Waals surface area contributed by atoms with Crippen molar-refractivity contribution in [3.8, 4) is 0 Å². The second kappa shape index (κ2) is 6.46. The molecular formula is C12H26N2O. The first-order valence-electron chi connectivity index (χ1n) is 6.20. The highest BCUT2D eigenvalue weighted by Crippen LogP contribution is 2.26. The van der Waals surface area contributed by atoms with Crippen molar-refractivity contribution in [2.75, 3.05) is 20.2 Å². The molecule has 0 aromatic rings. The van der Waals surface area contributed by atoms with E-state index in [0.717, 1.165) is 13.1 Å². The summed E-state index contributed by atoms with van der Waals surface area (Å²) in [7, 11) is 1.76. The fourth-order valence-corrected chi connectivity index (χ4v) is 2.30. The molecule has 1 atom stereocenters. The van der Waals surface area contributed by atoms with Crippen molar-refractivity contribution in [1.29, 1.82) is 0 Å². The number of hydrogen-bond acceptors (Lipinski definition) is 3. The lowest BCUT2D eigenvalue weighted by atomic mass is 9.90. The van der Waals surface area contributed by atoms with Crippen LogP contribution >= 0.6 is 0 Å². The molecule has 1 rings (SSSR count). The smallest absolute Gasteiger partial charge is 0.0667 e. The van der Waals surface area contributed by atoms with Crippen LogP contribution in [0.3, 0.4) is 0 Å². The quantitative estimate of drug-likeness (QED) is 0.684. The van der Waals surface area contributed by atoms with E-state index in [9.17, 15) is 0 Å². The zero-order chi connectivity index (χ0) is 11.1. The van der Waals surface area contributed by atoms with Gasteiger partial charge in [-0.3, -0.25) is 0 Å². The fourth-order valence-electron chi connectivity index (χ4n) is 2.30. The van der Waals surface area contributed by atoms with Gasteiger partial charge in [-0.25, -0.2) is 0 Å². The second-order valence-corrected chi connectivity index (χ2v) is 4.83. The van der Waals surface area contributed by atoms with Crippen LogP contribution < -0.4 is 11.1 Å². The number of nitrogens with one attached hydrogen (secondary N) is 1. The first kappa shape index (κ1) is 12.9. The molecule has 3 nitrogen and oxygen atoms in total. The molecule has 0 heterocycles. The predicted molar refractivity (Wildman–Crippen MR) is 64.0 cm³/mol. The summed E-state index contributed by atoms with van der Waals surface area (Å²) >= 11 is 0. The van der Waals surface area contributed by atoms with Crippen molar-refractivity contribution < 1.29 is 4.74 Å². The van der Waals surface area contributed by atoms with Crippen molar-refractivity contribution in [2.24, 2.45) is 5.73 Å². The number of methoxy groups -OCH3 is 1. The van der Waals surface area contributed by atoms with Crippen molar-refractivity contribution in [3.05, 3.63) is 0 Å². The molecule has 0 amide bonds. The summed E-state index contributed by atoms with van der Waals surface area (Å²) in [6.45, 7) is 3.76. The summed E-state index contributed by atoms with van der Waals surface area (Å²) in [5.74, 6) is 0. The van der Waals surface area contributed by atoms with E-state index in [1.807, 2.05) is 0 Å². The zero-order valence-corrected chi connectivity index (χ0v) is 10.2. The minimum atomic E-state index is 0.184. The monoisotopic (exact) mass is 214 g/mol. The molecule has 3 heteroatoms. The highest BCUT2D eigenvalue weighted by atomic mass is 16.5. The molecular weight excluding hydrogens is 188 g/mol. The lowest BCUT2D eigenvalue weighted by Crippen LogP contribution is -2.52. The van der Waals surface area contributed by atoms with Crippen LogP contribution in [0.15, 0.2) is 0 Å². The lowest BCUT2D eigenvalue weighted by molar-refractivity contribution is 0.105. The molecule has 3 N–H and O–H groups in total. The van der Waals surface area contributed by atoms with Crippen molar-refractivity contribution in [1.82, 2.24) is 5.32 Å². The number of nitrogens with two attached hydrogens (primary N) is 1. The van der Waals surface area contributed by atoms with Gasteiger partial charge in [0.05, 0.1) is 6.10 Å². The molecule has 0 radical (unpaired) electrons. The maximum Gasteiger partial charge on any atom is 0.0667 e. The van der Waals surface area contributed by atoms with Gasteiger partial charge in [0.25, 0.3) is 0 Å². The van der Waals surface area contributed by atoms with Crippen LogP contribution in [-0.4, -0.2) is 31.8 Å². The van der Waals surface area contributed by atoms with Gasteiger partial charge in [-0.15, -0.1) is 0 Å². The summed E-state index contributed by atoms with van der Waals surface area (Å²) in [5, 5.41) is 3.63. The highest BCUT2D eigenvalue weighted by molar-refractivity contribution is 4.91. The summed E-state index contributed by atoms with van der Waals surface area (Å²) in [6.07, 6.45) is 8.07. The SMILES string of the molecule is COC(C)CNC1(CN)CCCCCC1. The van der Waals surface area contributed by atoms with Gasteiger partial charge in [0.2, 0.25) is 0 Å². The Kier molecular flexibility index (Phi) is 5.58. The Hall–Kier alpha value is -0.120. The van der Waals surface area contributed by atoms with E-state index in [4.69, 9.17) is 10.5 Å². The average molecular weight is 214 g/mol. The molecule has 0 saturated heterocycles. The Balaban J connectivity index is 2.43. The van der Waals surface area contributed by atoms with E-state index in [1.165, 1.54) is 38.5 Å². The third-order valence-electron chi connectivity index (χ3n) is 3.62. The Morgan fingerprint density at radius 1 is 1.27 bits per heavy atom. The van der Waals surface area contributed by atoms with Crippen molar-refractivity contribution in [3.63, 3.8) is 0 Å². The standard InChI is InChI=1S/C12H26N2O/c1-11(15-2)9-14-12(10-13)7-5-3-4-6-8-12/h11,14H,3-10,13H2,1-2H3. The van der Waals surface area contributed by atoms with Gasteiger partial charge in [-0.1, -0.05) is 25.7 Å². The Morgan fingerprint density at radius 2 is 1.87 bits per heavy atom. The van der Waals surface area contributed by atoms with E-state index in [-0.39, 0.29) is 11.6 Å². The van der Waals surface area contributed by atoms with Gasteiger partial charge in [0.15, 0.2) is 0 Å². The summed E-state index contributed by atoms with van der Waals surface area (Å²) in [5.41, 5.74) is 6.12. The minimum Gasteiger partial charge on any atom is -0.380 e. The number of ether oxygens (including phenoxy) is 1. The van der Waals surface area contributed by atoms with Gasteiger partial charge < -0.3 is 15.8 Å². The Bertz CT molecular complexity index is 165. The highest BCUT2D eigenvalue weighted by Gasteiger charge is 2.28. The molecule has 0 bridgehead atoms. The number of rotatable bonds is 5. The van der Waals surface area contributed by atoms with Crippen LogP contribution in [0.25, 0.3) is 0 Å². The van der Waals surface area contributed by atoms with Crippen LogP contribution in [0.4, 0.5) is 0 Å². The van der Waals surface area contributed by atoms with E-state index in [0.29, 0.717) is 0 Å². The van der Waals surface area contributed by atoms with Crippen molar-refractivity contribution >= 4 is 0 Å². The van der Waals surface area contributed by atoms with Crippen LogP contribution in [0, 0.1) is 0 Å². The normalized spacial score (nSPS) is 23.4. The largest absolute Gasteiger partial charge is 0.380 e. The molecule has 1 saturated carbocycles. The molecule has 90 valence electrons. The fraction of sp³-hybridized carbons (Fsp3) is 1.00. The molecule has 15 heavy (non-hydrogen) atoms. The molecule has 1 aliphatic rings. The van der Waals surface area contributed by atoms with E-state index < -0.39 is 0 Å². The number of hydrogen-bond donors (Lipinski definition) is 2. The topological polar surface area (TPSA) is 47.3 Å². The zero-order valence-electron chi connectivity index (χ0n) is 10.2. The minimum absolute atomic E-state index is 0.184. The summed E-state index contributed by atoms with van der Waals surface area (Å²) in [4.78, 5) is 0. The molecule has 0 aromatic carbocycles. The molecule has 0 aromatic heterocycles. The van der Waals surface area contributed by atoms with Gasteiger partial charge in [-0.2, -0.15) is 0 Å². The molecule has 1 aliphatic carbocycles. The van der Waals surface area contributed by atoms with E-state index in [1.54, 1.807) is 7.11 Å². The van der Waals surface area contributed by atoms with Crippen molar-refractivity contribution in [2.45, 2.75) is 57.1 Å². The van der Waals surface area contributed by atoms with Gasteiger partial charge >= 0.3 is 0 Å². The van der Waals surface area contributed by atoms with Crippen LogP contribution in [-0.2, 0) is 4.74 Å². The maximum absolute atomic E-state index is 5.93. The first-order chi connectivity index (χ1) is 7.22. The molecule has 1 unspecified atom stereocenters. The van der Waals surface area contributed by atoms with Crippen LogP contribution in [0.1, 0.15) is 45.4 Å². The maximum atomic E-state index is 5.93. The van der Waals surface area contributed by atoms with E-state index >= 15 is 0 Å². The van der Waals surface area contributed by atoms with E-state index in [2.05, 4.69) is 12.2 Å². The van der Waals surface area contributed by atoms with Crippen LogP contribution in [0.2, 0.25) is 0 Å². The third kappa shape index (κ3) is 4.09. The predicted octanol–water partition coefficient (Wildman–Crippen LogP) is 1.66. The van der Waals surface area contributed by atoms with Gasteiger partial charge in [0, 0.05) is 25.7 Å². The van der Waals surface area contributed by atoms with Gasteiger partial charge in [0.1, 0.15) is 0 Å². The van der Waals surface area contributed by atoms with Crippen LogP contribution in [0.5, 0.6) is 0 Å². The summed E-state index contributed by atoms with van der Waals surface area (Å²) < 4.78 is 5.26. The Labute approximate surface area is 93.8 Å². The summed E-state index contributed by atoms with van der Waals surface area (Å²) in [6, 6.07) is 0. The molecule has 0 aliphatic heterocycles.